The van der Waals surface area contributed by atoms with Gasteiger partial charge in [-0.1, -0.05) is 26.2 Å². The maximum atomic E-state index is 11.5. The first-order valence-electron chi connectivity index (χ1n) is 6.23. The fraction of sp³-hybridized carbons (Fsp3) is 0.818. The fourth-order valence-corrected chi connectivity index (χ4v) is 1.76. The van der Waals surface area contributed by atoms with Crippen molar-refractivity contribution in [2.24, 2.45) is 17.6 Å². The Hall–Kier alpha value is -1.18. The van der Waals surface area contributed by atoms with Crippen LogP contribution in [0.5, 0.6) is 0 Å². The third-order valence-electron chi connectivity index (χ3n) is 2.80. The lowest BCUT2D eigenvalue weighted by Gasteiger charge is -2.18. The number of hydrogen-bond acceptors (Lipinski definition) is 5. The lowest BCUT2D eigenvalue weighted by atomic mass is 9.94. The third kappa shape index (κ3) is 7.21. The summed E-state index contributed by atoms with van der Waals surface area (Å²) in [6.45, 7) is 2.07. The number of rotatable bonds is 9. The molecule has 0 heterocycles. The van der Waals surface area contributed by atoms with Crippen molar-refractivity contribution in [1.29, 1.82) is 0 Å². The molecule has 0 aliphatic rings. The number of aliphatic hydroxyl groups excluding tert-OH is 1. The molecule has 0 aliphatic carbocycles. The second kappa shape index (κ2) is 9.81. The molecule has 0 bridgehead atoms. The number of nitrogens with two attached hydrogens (primary N) is 2. The zero-order chi connectivity index (χ0) is 14.0. The van der Waals surface area contributed by atoms with Crippen molar-refractivity contribution in [3.05, 3.63) is 0 Å². The first-order chi connectivity index (χ1) is 8.54. The van der Waals surface area contributed by atoms with Crippen LogP contribution in [0, 0.1) is 5.92 Å². The molecule has 0 aromatic carbocycles. The van der Waals surface area contributed by atoms with Crippen molar-refractivity contribution in [3.8, 4) is 0 Å². The van der Waals surface area contributed by atoms with Gasteiger partial charge in [-0.25, -0.2) is 11.7 Å². The summed E-state index contributed by atoms with van der Waals surface area (Å²) in [5, 5.41) is 9.79. The molecule has 0 spiro atoms. The van der Waals surface area contributed by atoms with Crippen molar-refractivity contribution in [3.63, 3.8) is 0 Å². The van der Waals surface area contributed by atoms with Gasteiger partial charge in [0.05, 0.1) is 12.0 Å². The zero-order valence-electron chi connectivity index (χ0n) is 10.8. The van der Waals surface area contributed by atoms with Gasteiger partial charge in [0.1, 0.15) is 0 Å². The van der Waals surface area contributed by atoms with Gasteiger partial charge in [-0.15, -0.1) is 0 Å². The van der Waals surface area contributed by atoms with Crippen LogP contribution in [0.25, 0.3) is 0 Å². The number of hydrogen-bond donors (Lipinski definition) is 5. The van der Waals surface area contributed by atoms with Crippen molar-refractivity contribution in [1.82, 2.24) is 10.9 Å². The molecule has 2 atom stereocenters. The van der Waals surface area contributed by atoms with Gasteiger partial charge >= 0.3 is 0 Å². The molecule has 106 valence electrons. The van der Waals surface area contributed by atoms with E-state index >= 15 is 0 Å². The van der Waals surface area contributed by atoms with E-state index in [1.807, 2.05) is 10.9 Å². The lowest BCUT2D eigenvalue weighted by Crippen LogP contribution is -2.41. The SMILES string of the molecule is CCCCC[C@@H](O)C[C@H](CC(=O)NN)C(=O)NN. The van der Waals surface area contributed by atoms with Gasteiger partial charge in [0.25, 0.3) is 0 Å². The van der Waals surface area contributed by atoms with Crippen LogP contribution < -0.4 is 22.5 Å². The van der Waals surface area contributed by atoms with Gasteiger partial charge < -0.3 is 5.11 Å². The molecule has 0 aromatic heterocycles. The summed E-state index contributed by atoms with van der Waals surface area (Å²) in [6.07, 6.45) is 3.14. The van der Waals surface area contributed by atoms with Crippen LogP contribution in [-0.2, 0) is 9.59 Å². The number of hydrazine groups is 2. The predicted molar refractivity (Wildman–Crippen MR) is 67.5 cm³/mol. The molecule has 0 saturated carbocycles. The van der Waals surface area contributed by atoms with E-state index in [1.165, 1.54) is 0 Å². The molecule has 0 saturated heterocycles. The summed E-state index contributed by atoms with van der Waals surface area (Å²) in [5.74, 6) is 8.43. The van der Waals surface area contributed by atoms with E-state index in [-0.39, 0.29) is 12.8 Å². The van der Waals surface area contributed by atoms with Crippen LogP contribution in [0.4, 0.5) is 0 Å². The van der Waals surface area contributed by atoms with Crippen LogP contribution in [0.3, 0.4) is 0 Å². The van der Waals surface area contributed by atoms with Gasteiger partial charge in [-0.2, -0.15) is 0 Å². The zero-order valence-corrected chi connectivity index (χ0v) is 10.8. The molecule has 0 radical (unpaired) electrons. The Balaban J connectivity index is 4.22. The minimum atomic E-state index is -0.657. The smallest absolute Gasteiger partial charge is 0.237 e. The molecular formula is C11H24N4O3. The highest BCUT2D eigenvalue weighted by Gasteiger charge is 2.23. The Bertz CT molecular complexity index is 261. The monoisotopic (exact) mass is 260 g/mol. The molecule has 2 amide bonds. The lowest BCUT2D eigenvalue weighted by molar-refractivity contribution is -0.131. The number of carbonyl (C=O) groups excluding carboxylic acids is 2. The van der Waals surface area contributed by atoms with Crippen LogP contribution >= 0.6 is 0 Å². The van der Waals surface area contributed by atoms with Crippen LogP contribution in [0.15, 0.2) is 0 Å². The molecule has 0 rings (SSSR count). The van der Waals surface area contributed by atoms with Crippen molar-refractivity contribution in [2.75, 3.05) is 0 Å². The number of carbonyl (C=O) groups is 2. The molecule has 0 aliphatic heterocycles. The van der Waals surface area contributed by atoms with Crippen LogP contribution in [0.2, 0.25) is 0 Å². The Labute approximate surface area is 107 Å². The van der Waals surface area contributed by atoms with E-state index in [0.29, 0.717) is 6.42 Å². The van der Waals surface area contributed by atoms with Gasteiger partial charge in [0.15, 0.2) is 0 Å². The minimum absolute atomic E-state index is 0.0790. The topological polar surface area (TPSA) is 130 Å². The van der Waals surface area contributed by atoms with E-state index in [9.17, 15) is 14.7 Å². The summed E-state index contributed by atoms with van der Waals surface area (Å²) in [4.78, 5) is 22.6. The second-order valence-electron chi connectivity index (χ2n) is 4.36. The molecular weight excluding hydrogens is 236 g/mol. The van der Waals surface area contributed by atoms with Crippen molar-refractivity contribution < 1.29 is 14.7 Å². The van der Waals surface area contributed by atoms with E-state index in [0.717, 1.165) is 19.3 Å². The van der Waals surface area contributed by atoms with Crippen LogP contribution in [0.1, 0.15) is 45.4 Å². The van der Waals surface area contributed by atoms with E-state index in [2.05, 4.69) is 6.92 Å². The van der Waals surface area contributed by atoms with Gasteiger partial charge in [0, 0.05) is 6.42 Å². The summed E-state index contributed by atoms with van der Waals surface area (Å²) in [7, 11) is 0. The van der Waals surface area contributed by atoms with E-state index in [4.69, 9.17) is 11.7 Å². The molecule has 7 N–H and O–H groups in total. The quantitative estimate of drug-likeness (QED) is 0.162. The van der Waals surface area contributed by atoms with E-state index in [1.54, 1.807) is 0 Å². The highest BCUT2D eigenvalue weighted by atomic mass is 16.3. The largest absolute Gasteiger partial charge is 0.393 e. The summed E-state index contributed by atoms with van der Waals surface area (Å²) >= 11 is 0. The van der Waals surface area contributed by atoms with Crippen LogP contribution in [-0.4, -0.2) is 23.0 Å². The molecule has 7 nitrogen and oxygen atoms in total. The van der Waals surface area contributed by atoms with Gasteiger partial charge in [0.2, 0.25) is 11.8 Å². The molecule has 7 heteroatoms. The Morgan fingerprint density at radius 1 is 1.22 bits per heavy atom. The number of aliphatic hydroxyl groups is 1. The van der Waals surface area contributed by atoms with Crippen molar-refractivity contribution in [2.45, 2.75) is 51.6 Å². The predicted octanol–water partition coefficient (Wildman–Crippen LogP) is -0.696. The molecule has 0 fully saturated rings. The maximum absolute atomic E-state index is 11.5. The average molecular weight is 260 g/mol. The third-order valence-corrected chi connectivity index (χ3v) is 2.80. The first kappa shape index (κ1) is 16.8. The Kier molecular flexibility index (Phi) is 9.17. The van der Waals surface area contributed by atoms with E-state index < -0.39 is 23.8 Å². The van der Waals surface area contributed by atoms with Crippen molar-refractivity contribution >= 4 is 11.8 Å². The summed E-state index contributed by atoms with van der Waals surface area (Å²) in [6, 6.07) is 0. The second-order valence-corrected chi connectivity index (χ2v) is 4.36. The van der Waals surface area contributed by atoms with Gasteiger partial charge in [-0.3, -0.25) is 20.4 Å². The molecule has 0 unspecified atom stereocenters. The van der Waals surface area contributed by atoms with Gasteiger partial charge in [-0.05, 0) is 12.8 Å². The molecule has 0 aromatic rings. The normalized spacial score (nSPS) is 13.8. The average Bonchev–Trinajstić information content (AvgIpc) is 2.37. The molecule has 18 heavy (non-hydrogen) atoms. The number of amides is 2. The Morgan fingerprint density at radius 3 is 2.39 bits per heavy atom. The highest BCUT2D eigenvalue weighted by molar-refractivity contribution is 5.85. The highest BCUT2D eigenvalue weighted by Crippen LogP contribution is 2.16. The maximum Gasteiger partial charge on any atom is 0.237 e. The minimum Gasteiger partial charge on any atom is -0.393 e. The standard InChI is InChI=1S/C11H24N4O3/c1-2-3-4-5-9(16)6-8(11(18)15-13)7-10(17)14-12/h8-9,16H,2-7,12-13H2,1H3,(H,14,17)(H,15,18)/t8-,9-/m1/s1. The Morgan fingerprint density at radius 2 is 1.89 bits per heavy atom. The first-order valence-corrected chi connectivity index (χ1v) is 6.23. The number of nitrogens with one attached hydrogen (secondary N) is 2. The summed E-state index contributed by atoms with van der Waals surface area (Å²) < 4.78 is 0. The summed E-state index contributed by atoms with van der Waals surface area (Å²) in [5.41, 5.74) is 3.95. The fourth-order valence-electron chi connectivity index (χ4n) is 1.76. The number of unbranched alkanes of at least 4 members (excludes halogenated alkanes) is 2.